The van der Waals surface area contributed by atoms with Gasteiger partial charge < -0.3 is 10.6 Å². The van der Waals surface area contributed by atoms with Crippen LogP contribution in [0.3, 0.4) is 0 Å². The normalized spacial score (nSPS) is 18.6. The van der Waals surface area contributed by atoms with Crippen LogP contribution >= 0.6 is 0 Å². The molecule has 0 bridgehead atoms. The van der Waals surface area contributed by atoms with E-state index < -0.39 is 10.0 Å². The van der Waals surface area contributed by atoms with Gasteiger partial charge in [-0.3, -0.25) is 0 Å². The van der Waals surface area contributed by atoms with E-state index in [0.717, 1.165) is 24.2 Å². The Bertz CT molecular complexity index is 522. The summed E-state index contributed by atoms with van der Waals surface area (Å²) in [5, 5.41) is 0. The largest absolute Gasteiger partial charge is 0.326 e. The molecule has 0 aromatic heterocycles. The van der Waals surface area contributed by atoms with Gasteiger partial charge in [0.1, 0.15) is 0 Å². The van der Waals surface area contributed by atoms with Crippen molar-refractivity contribution in [2.75, 3.05) is 33.2 Å². The lowest BCUT2D eigenvalue weighted by molar-refractivity contribution is 0.222. The number of sulfonamides is 1. The number of benzene rings is 1. The Balaban J connectivity index is 2.08. The average Bonchev–Trinajstić information content (AvgIpc) is 2.39. The summed E-state index contributed by atoms with van der Waals surface area (Å²) in [5.74, 6) is 0.0601. The molecular weight excluding hydrogens is 262 g/mol. The summed E-state index contributed by atoms with van der Waals surface area (Å²) in [6.45, 7) is 3.18. The highest BCUT2D eigenvalue weighted by molar-refractivity contribution is 7.88. The molecule has 0 spiro atoms. The topological polar surface area (TPSA) is 66.6 Å². The Morgan fingerprint density at radius 3 is 2.42 bits per heavy atom. The van der Waals surface area contributed by atoms with Crippen LogP contribution in [0.25, 0.3) is 0 Å². The molecule has 6 heteroatoms. The summed E-state index contributed by atoms with van der Waals surface area (Å²) in [6.07, 6.45) is 0. The van der Waals surface area contributed by atoms with E-state index in [1.165, 1.54) is 0 Å². The van der Waals surface area contributed by atoms with Crippen molar-refractivity contribution in [2.45, 2.75) is 12.3 Å². The second-order valence-electron chi connectivity index (χ2n) is 4.98. The standard InChI is InChI=1S/C13H21N3O2S/c1-15-5-7-16(8-6-15)19(17,18)11-13-4-2-3-12(9-13)10-14/h2-4,9H,5-8,10-11,14H2,1H3. The minimum Gasteiger partial charge on any atom is -0.326 e. The third kappa shape index (κ3) is 3.76. The van der Waals surface area contributed by atoms with Gasteiger partial charge >= 0.3 is 0 Å². The summed E-state index contributed by atoms with van der Waals surface area (Å²) >= 11 is 0. The van der Waals surface area contributed by atoms with Gasteiger partial charge in [-0.05, 0) is 18.2 Å². The summed E-state index contributed by atoms with van der Waals surface area (Å²) in [7, 11) is -1.21. The molecule has 0 aliphatic carbocycles. The van der Waals surface area contributed by atoms with E-state index >= 15 is 0 Å². The Hall–Kier alpha value is -0.950. The van der Waals surface area contributed by atoms with E-state index in [0.29, 0.717) is 19.6 Å². The van der Waals surface area contributed by atoms with E-state index in [1.54, 1.807) is 4.31 Å². The third-order valence-corrected chi connectivity index (χ3v) is 5.28. The quantitative estimate of drug-likeness (QED) is 0.858. The third-order valence-electron chi connectivity index (χ3n) is 3.43. The molecule has 1 aliphatic rings. The van der Waals surface area contributed by atoms with Gasteiger partial charge in [0.05, 0.1) is 5.75 Å². The summed E-state index contributed by atoms with van der Waals surface area (Å²) in [6, 6.07) is 7.48. The highest BCUT2D eigenvalue weighted by atomic mass is 32.2. The highest BCUT2D eigenvalue weighted by Gasteiger charge is 2.25. The van der Waals surface area contributed by atoms with Crippen molar-refractivity contribution in [1.29, 1.82) is 0 Å². The second-order valence-corrected chi connectivity index (χ2v) is 6.95. The monoisotopic (exact) mass is 283 g/mol. The molecule has 1 heterocycles. The Labute approximate surface area is 115 Å². The second kappa shape index (κ2) is 6.00. The Kier molecular flexibility index (Phi) is 4.57. The number of rotatable bonds is 4. The number of nitrogens with zero attached hydrogens (tertiary/aromatic N) is 2. The van der Waals surface area contributed by atoms with E-state index in [4.69, 9.17) is 5.73 Å². The predicted octanol–water partition coefficient (Wildman–Crippen LogP) is 0.223. The first kappa shape index (κ1) is 14.5. The Morgan fingerprint density at radius 2 is 1.79 bits per heavy atom. The van der Waals surface area contributed by atoms with Crippen LogP contribution in [0.2, 0.25) is 0 Å². The molecule has 0 saturated carbocycles. The van der Waals surface area contributed by atoms with Crippen LogP contribution in [0.4, 0.5) is 0 Å². The van der Waals surface area contributed by atoms with Gasteiger partial charge in [0.2, 0.25) is 10.0 Å². The van der Waals surface area contributed by atoms with Gasteiger partial charge in [0, 0.05) is 32.7 Å². The van der Waals surface area contributed by atoms with Gasteiger partial charge in [-0.1, -0.05) is 24.3 Å². The van der Waals surface area contributed by atoms with E-state index in [-0.39, 0.29) is 5.75 Å². The van der Waals surface area contributed by atoms with Crippen molar-refractivity contribution in [2.24, 2.45) is 5.73 Å². The molecule has 0 radical (unpaired) electrons. The van der Waals surface area contributed by atoms with Gasteiger partial charge in [-0.15, -0.1) is 0 Å². The fourth-order valence-corrected chi connectivity index (χ4v) is 3.72. The lowest BCUT2D eigenvalue weighted by atomic mass is 10.1. The van der Waals surface area contributed by atoms with Crippen molar-refractivity contribution in [3.8, 4) is 0 Å². The minimum absolute atomic E-state index is 0.0601. The van der Waals surface area contributed by atoms with Crippen molar-refractivity contribution < 1.29 is 8.42 Å². The number of nitrogens with two attached hydrogens (primary N) is 1. The molecule has 1 aromatic rings. The number of hydrogen-bond acceptors (Lipinski definition) is 4. The van der Waals surface area contributed by atoms with Gasteiger partial charge in [0.15, 0.2) is 0 Å². The molecule has 19 heavy (non-hydrogen) atoms. The van der Waals surface area contributed by atoms with Gasteiger partial charge in [-0.2, -0.15) is 4.31 Å². The van der Waals surface area contributed by atoms with Crippen LogP contribution in [0.1, 0.15) is 11.1 Å². The number of likely N-dealkylation sites (N-methyl/N-ethyl adjacent to an activating group) is 1. The molecular formula is C13H21N3O2S. The Morgan fingerprint density at radius 1 is 1.16 bits per heavy atom. The molecule has 0 atom stereocenters. The zero-order valence-corrected chi connectivity index (χ0v) is 12.1. The lowest BCUT2D eigenvalue weighted by Crippen LogP contribution is -2.47. The molecule has 2 N–H and O–H groups in total. The van der Waals surface area contributed by atoms with Crippen LogP contribution in [-0.4, -0.2) is 50.8 Å². The van der Waals surface area contributed by atoms with Crippen LogP contribution in [0.5, 0.6) is 0 Å². The first-order valence-corrected chi connectivity index (χ1v) is 8.06. The lowest BCUT2D eigenvalue weighted by Gasteiger charge is -2.31. The number of hydrogen-bond donors (Lipinski definition) is 1. The maximum atomic E-state index is 12.3. The van der Waals surface area contributed by atoms with Crippen LogP contribution in [0.15, 0.2) is 24.3 Å². The molecule has 1 aliphatic heterocycles. The molecule has 0 unspecified atom stereocenters. The zero-order chi connectivity index (χ0) is 13.9. The van der Waals surface area contributed by atoms with Crippen LogP contribution in [-0.2, 0) is 22.3 Å². The van der Waals surface area contributed by atoms with E-state index in [9.17, 15) is 8.42 Å². The van der Waals surface area contributed by atoms with E-state index in [2.05, 4.69) is 4.90 Å². The molecule has 2 rings (SSSR count). The highest BCUT2D eigenvalue weighted by Crippen LogP contribution is 2.14. The zero-order valence-electron chi connectivity index (χ0n) is 11.2. The average molecular weight is 283 g/mol. The van der Waals surface area contributed by atoms with Crippen LogP contribution in [0, 0.1) is 0 Å². The van der Waals surface area contributed by atoms with Crippen molar-refractivity contribution in [3.63, 3.8) is 0 Å². The summed E-state index contributed by atoms with van der Waals surface area (Å²) in [5.41, 5.74) is 7.35. The van der Waals surface area contributed by atoms with Crippen molar-refractivity contribution in [1.82, 2.24) is 9.21 Å². The maximum absolute atomic E-state index is 12.3. The molecule has 1 saturated heterocycles. The fourth-order valence-electron chi connectivity index (χ4n) is 2.21. The molecule has 1 aromatic carbocycles. The first-order valence-electron chi connectivity index (χ1n) is 6.45. The van der Waals surface area contributed by atoms with Crippen LogP contribution < -0.4 is 5.73 Å². The fraction of sp³-hybridized carbons (Fsp3) is 0.538. The molecule has 1 fully saturated rings. The smallest absolute Gasteiger partial charge is 0.218 e. The summed E-state index contributed by atoms with van der Waals surface area (Å²) < 4.78 is 26.3. The van der Waals surface area contributed by atoms with Gasteiger partial charge in [-0.25, -0.2) is 8.42 Å². The SMILES string of the molecule is CN1CCN(S(=O)(=O)Cc2cccc(CN)c2)CC1. The van der Waals surface area contributed by atoms with Gasteiger partial charge in [0.25, 0.3) is 0 Å². The summed E-state index contributed by atoms with van der Waals surface area (Å²) in [4.78, 5) is 2.14. The number of piperazine rings is 1. The predicted molar refractivity (Wildman–Crippen MR) is 76.0 cm³/mol. The maximum Gasteiger partial charge on any atom is 0.218 e. The van der Waals surface area contributed by atoms with Crippen molar-refractivity contribution >= 4 is 10.0 Å². The van der Waals surface area contributed by atoms with Crippen molar-refractivity contribution in [3.05, 3.63) is 35.4 Å². The molecule has 5 nitrogen and oxygen atoms in total. The van der Waals surface area contributed by atoms with E-state index in [1.807, 2.05) is 31.3 Å². The molecule has 106 valence electrons. The minimum atomic E-state index is -3.22. The first-order chi connectivity index (χ1) is 9.01. The molecule has 0 amide bonds.